The zero-order chi connectivity index (χ0) is 13.8. The number of Topliss-reactive ketones (excluding diaryl/α,β-unsaturated/α-hetero) is 1. The molecule has 4 nitrogen and oxygen atoms in total. The molecule has 2 aromatic rings. The van der Waals surface area contributed by atoms with Crippen LogP contribution >= 0.6 is 0 Å². The topological polar surface area (TPSA) is 46.9 Å². The standard InChI is InChI=1S/C15H19N3O/c1-4-16-9-14-10-18(17-11(14)2)15-7-5-13(6-8-15)12(3)19/h5-8,10,16H,4,9H2,1-3H3. The number of rotatable bonds is 5. The van der Waals surface area contributed by atoms with Crippen LogP contribution in [-0.4, -0.2) is 22.1 Å². The second-order valence-corrected chi connectivity index (χ2v) is 4.57. The highest BCUT2D eigenvalue weighted by atomic mass is 16.1. The van der Waals surface area contributed by atoms with Gasteiger partial charge in [0, 0.05) is 23.9 Å². The van der Waals surface area contributed by atoms with E-state index in [0.29, 0.717) is 0 Å². The van der Waals surface area contributed by atoms with Gasteiger partial charge in [-0.1, -0.05) is 6.92 Å². The molecule has 100 valence electrons. The Morgan fingerprint density at radius 2 is 2.00 bits per heavy atom. The molecule has 0 fully saturated rings. The third-order valence-corrected chi connectivity index (χ3v) is 3.10. The fourth-order valence-corrected chi connectivity index (χ4v) is 1.91. The summed E-state index contributed by atoms with van der Waals surface area (Å²) in [5.41, 5.74) is 3.91. The normalized spacial score (nSPS) is 10.7. The van der Waals surface area contributed by atoms with Crippen molar-refractivity contribution in [1.29, 1.82) is 0 Å². The van der Waals surface area contributed by atoms with Crippen LogP contribution in [0.4, 0.5) is 0 Å². The maximum Gasteiger partial charge on any atom is 0.159 e. The first-order valence-electron chi connectivity index (χ1n) is 6.49. The zero-order valence-corrected chi connectivity index (χ0v) is 11.6. The number of nitrogens with zero attached hydrogens (tertiary/aromatic N) is 2. The molecule has 1 heterocycles. The molecule has 0 amide bonds. The van der Waals surface area contributed by atoms with Crippen LogP contribution in [0.25, 0.3) is 5.69 Å². The molecule has 0 atom stereocenters. The van der Waals surface area contributed by atoms with Crippen molar-refractivity contribution in [2.75, 3.05) is 6.54 Å². The predicted octanol–water partition coefficient (Wildman–Crippen LogP) is 2.49. The number of carbonyl (C=O) groups is 1. The smallest absolute Gasteiger partial charge is 0.159 e. The average molecular weight is 257 g/mol. The molecular weight excluding hydrogens is 238 g/mol. The van der Waals surface area contributed by atoms with E-state index in [9.17, 15) is 4.79 Å². The Morgan fingerprint density at radius 1 is 1.32 bits per heavy atom. The number of carbonyl (C=O) groups excluding carboxylic acids is 1. The van der Waals surface area contributed by atoms with Crippen LogP contribution in [0.5, 0.6) is 0 Å². The van der Waals surface area contributed by atoms with Gasteiger partial charge in [0.2, 0.25) is 0 Å². The minimum atomic E-state index is 0.0797. The van der Waals surface area contributed by atoms with E-state index in [2.05, 4.69) is 17.3 Å². The lowest BCUT2D eigenvalue weighted by molar-refractivity contribution is 0.101. The fourth-order valence-electron chi connectivity index (χ4n) is 1.91. The molecule has 0 aliphatic rings. The SMILES string of the molecule is CCNCc1cn(-c2ccc(C(C)=O)cc2)nc1C. The van der Waals surface area contributed by atoms with E-state index in [-0.39, 0.29) is 5.78 Å². The summed E-state index contributed by atoms with van der Waals surface area (Å²) in [6.45, 7) is 7.43. The van der Waals surface area contributed by atoms with Crippen molar-refractivity contribution in [2.24, 2.45) is 0 Å². The molecule has 1 N–H and O–H groups in total. The van der Waals surface area contributed by atoms with Crippen molar-refractivity contribution < 1.29 is 4.79 Å². The van der Waals surface area contributed by atoms with Crippen molar-refractivity contribution in [3.8, 4) is 5.69 Å². The van der Waals surface area contributed by atoms with Gasteiger partial charge >= 0.3 is 0 Å². The largest absolute Gasteiger partial charge is 0.313 e. The Morgan fingerprint density at radius 3 is 2.58 bits per heavy atom. The van der Waals surface area contributed by atoms with Gasteiger partial charge in [-0.2, -0.15) is 5.10 Å². The molecule has 19 heavy (non-hydrogen) atoms. The first-order valence-corrected chi connectivity index (χ1v) is 6.49. The Kier molecular flexibility index (Phi) is 4.12. The highest BCUT2D eigenvalue weighted by Crippen LogP contribution is 2.13. The molecule has 0 spiro atoms. The Hall–Kier alpha value is -1.94. The molecule has 0 saturated carbocycles. The van der Waals surface area contributed by atoms with Crippen LogP contribution in [0, 0.1) is 6.92 Å². The predicted molar refractivity (Wildman–Crippen MR) is 75.7 cm³/mol. The van der Waals surface area contributed by atoms with E-state index in [1.54, 1.807) is 6.92 Å². The van der Waals surface area contributed by atoms with Gasteiger partial charge in [0.15, 0.2) is 5.78 Å². The number of hydrogen-bond donors (Lipinski definition) is 1. The fraction of sp³-hybridized carbons (Fsp3) is 0.333. The van der Waals surface area contributed by atoms with Gasteiger partial charge in [-0.3, -0.25) is 4.79 Å². The van der Waals surface area contributed by atoms with Crippen molar-refractivity contribution in [2.45, 2.75) is 27.3 Å². The second-order valence-electron chi connectivity index (χ2n) is 4.57. The molecule has 4 heteroatoms. The third-order valence-electron chi connectivity index (χ3n) is 3.10. The molecule has 0 aliphatic heterocycles. The Labute approximate surface area is 113 Å². The number of ketones is 1. The van der Waals surface area contributed by atoms with E-state index in [0.717, 1.165) is 30.0 Å². The van der Waals surface area contributed by atoms with Gasteiger partial charge in [0.25, 0.3) is 0 Å². The minimum absolute atomic E-state index is 0.0797. The Balaban J connectivity index is 2.24. The van der Waals surface area contributed by atoms with E-state index in [1.165, 1.54) is 5.56 Å². The van der Waals surface area contributed by atoms with Crippen molar-refractivity contribution >= 4 is 5.78 Å². The summed E-state index contributed by atoms with van der Waals surface area (Å²) in [6.07, 6.45) is 2.03. The van der Waals surface area contributed by atoms with Crippen LogP contribution in [0.15, 0.2) is 30.5 Å². The van der Waals surface area contributed by atoms with Crippen LogP contribution < -0.4 is 5.32 Å². The monoisotopic (exact) mass is 257 g/mol. The van der Waals surface area contributed by atoms with Gasteiger partial charge in [-0.25, -0.2) is 4.68 Å². The van der Waals surface area contributed by atoms with Crippen LogP contribution in [0.2, 0.25) is 0 Å². The van der Waals surface area contributed by atoms with E-state index in [1.807, 2.05) is 42.1 Å². The summed E-state index contributed by atoms with van der Waals surface area (Å²) in [5.74, 6) is 0.0797. The molecule has 1 aromatic heterocycles. The summed E-state index contributed by atoms with van der Waals surface area (Å²) in [7, 11) is 0. The quantitative estimate of drug-likeness (QED) is 0.837. The summed E-state index contributed by atoms with van der Waals surface area (Å²) in [4.78, 5) is 11.2. The number of aryl methyl sites for hydroxylation is 1. The average Bonchev–Trinajstić information content (AvgIpc) is 2.78. The number of benzene rings is 1. The number of nitrogens with one attached hydrogen (secondary N) is 1. The summed E-state index contributed by atoms with van der Waals surface area (Å²) < 4.78 is 1.85. The summed E-state index contributed by atoms with van der Waals surface area (Å²) in [6, 6.07) is 7.50. The van der Waals surface area contributed by atoms with Gasteiger partial charge < -0.3 is 5.32 Å². The van der Waals surface area contributed by atoms with E-state index in [4.69, 9.17) is 0 Å². The van der Waals surface area contributed by atoms with Crippen LogP contribution in [0.1, 0.15) is 35.5 Å². The molecule has 0 saturated heterocycles. The first-order chi connectivity index (χ1) is 9.11. The molecule has 1 aromatic carbocycles. The van der Waals surface area contributed by atoms with Gasteiger partial charge in [0.05, 0.1) is 11.4 Å². The third kappa shape index (κ3) is 3.09. The second kappa shape index (κ2) is 5.80. The molecule has 2 rings (SSSR count). The molecular formula is C15H19N3O. The van der Waals surface area contributed by atoms with Crippen molar-refractivity contribution in [3.63, 3.8) is 0 Å². The summed E-state index contributed by atoms with van der Waals surface area (Å²) >= 11 is 0. The lowest BCUT2D eigenvalue weighted by Gasteiger charge is -2.02. The van der Waals surface area contributed by atoms with Gasteiger partial charge in [0.1, 0.15) is 0 Å². The summed E-state index contributed by atoms with van der Waals surface area (Å²) in [5, 5.41) is 7.80. The van der Waals surface area contributed by atoms with Gasteiger partial charge in [-0.05, 0) is 44.7 Å². The van der Waals surface area contributed by atoms with E-state index >= 15 is 0 Å². The molecule has 0 unspecified atom stereocenters. The number of hydrogen-bond acceptors (Lipinski definition) is 3. The van der Waals surface area contributed by atoms with Gasteiger partial charge in [-0.15, -0.1) is 0 Å². The minimum Gasteiger partial charge on any atom is -0.313 e. The highest BCUT2D eigenvalue weighted by Gasteiger charge is 2.06. The zero-order valence-electron chi connectivity index (χ0n) is 11.6. The van der Waals surface area contributed by atoms with Crippen LogP contribution in [-0.2, 0) is 6.54 Å². The number of aromatic nitrogens is 2. The highest BCUT2D eigenvalue weighted by molar-refractivity contribution is 5.94. The lowest BCUT2D eigenvalue weighted by Crippen LogP contribution is -2.11. The maximum atomic E-state index is 11.2. The maximum absolute atomic E-state index is 11.2. The van der Waals surface area contributed by atoms with Crippen molar-refractivity contribution in [3.05, 3.63) is 47.3 Å². The van der Waals surface area contributed by atoms with E-state index < -0.39 is 0 Å². The molecule has 0 bridgehead atoms. The first kappa shape index (κ1) is 13.5. The van der Waals surface area contributed by atoms with Crippen LogP contribution in [0.3, 0.4) is 0 Å². The van der Waals surface area contributed by atoms with Crippen molar-refractivity contribution in [1.82, 2.24) is 15.1 Å². The Bertz CT molecular complexity index is 570. The lowest BCUT2D eigenvalue weighted by atomic mass is 10.1. The molecule has 0 radical (unpaired) electrons. The molecule has 0 aliphatic carbocycles.